The second-order valence-corrected chi connectivity index (χ2v) is 8.06. The summed E-state index contributed by atoms with van der Waals surface area (Å²) in [6, 6.07) is 5.23. The molecule has 1 N–H and O–H groups in total. The van der Waals surface area contributed by atoms with E-state index in [2.05, 4.69) is 9.82 Å². The molecule has 0 saturated heterocycles. The van der Waals surface area contributed by atoms with Crippen LogP contribution >= 0.6 is 0 Å². The van der Waals surface area contributed by atoms with Crippen LogP contribution in [0.3, 0.4) is 0 Å². The van der Waals surface area contributed by atoms with Gasteiger partial charge in [0, 0.05) is 5.69 Å². The Morgan fingerprint density at radius 2 is 1.74 bits per heavy atom. The van der Waals surface area contributed by atoms with Crippen molar-refractivity contribution in [3.63, 3.8) is 0 Å². The molecule has 0 bridgehead atoms. The summed E-state index contributed by atoms with van der Waals surface area (Å²) in [6.07, 6.45) is 0.390. The number of nitrogens with one attached hydrogen (secondary N) is 1. The van der Waals surface area contributed by atoms with E-state index < -0.39 is 21.8 Å². The Kier molecular flexibility index (Phi) is 4.90. The van der Waals surface area contributed by atoms with Crippen molar-refractivity contribution in [1.29, 1.82) is 0 Å². The number of rotatable bonds is 3. The van der Waals surface area contributed by atoms with Crippen LogP contribution in [0.4, 0.5) is 13.2 Å². The molecule has 0 fully saturated rings. The predicted octanol–water partition coefficient (Wildman–Crippen LogP) is 3.88. The lowest BCUT2D eigenvalue weighted by Gasteiger charge is -2.16. The minimum atomic E-state index is -4.53. The van der Waals surface area contributed by atoms with Crippen LogP contribution in [0.1, 0.15) is 30.3 Å². The van der Waals surface area contributed by atoms with E-state index in [1.54, 1.807) is 19.1 Å². The molecule has 144 valence electrons. The average Bonchev–Trinajstić information content (AvgIpc) is 2.95. The fourth-order valence-electron chi connectivity index (χ4n) is 2.74. The SMILES string of the molecule is CC1=CC=C(NS(=O)(=O)c2ccc(C(F)(F)F)cc2)n2nc(C)cc2CC1. The Bertz CT molecular complexity index is 1020. The van der Waals surface area contributed by atoms with Crippen LogP contribution in [0.25, 0.3) is 5.82 Å². The molecule has 3 rings (SSSR count). The lowest BCUT2D eigenvalue weighted by atomic mass is 10.1. The van der Waals surface area contributed by atoms with Crippen molar-refractivity contribution in [2.24, 2.45) is 0 Å². The average molecular weight is 397 g/mol. The van der Waals surface area contributed by atoms with Gasteiger partial charge in [-0.05, 0) is 63.1 Å². The van der Waals surface area contributed by atoms with Crippen LogP contribution in [-0.4, -0.2) is 18.2 Å². The first kappa shape index (κ1) is 19.2. The fourth-order valence-corrected chi connectivity index (χ4v) is 3.78. The van der Waals surface area contributed by atoms with E-state index in [1.165, 1.54) is 4.68 Å². The second-order valence-electron chi connectivity index (χ2n) is 6.38. The van der Waals surface area contributed by atoms with Crippen LogP contribution in [0, 0.1) is 6.92 Å². The van der Waals surface area contributed by atoms with Gasteiger partial charge in [0.2, 0.25) is 0 Å². The van der Waals surface area contributed by atoms with E-state index in [0.29, 0.717) is 6.42 Å². The van der Waals surface area contributed by atoms with Crippen LogP contribution in [0.15, 0.2) is 53.0 Å². The van der Waals surface area contributed by atoms with E-state index in [0.717, 1.165) is 47.6 Å². The van der Waals surface area contributed by atoms with E-state index in [4.69, 9.17) is 0 Å². The lowest BCUT2D eigenvalue weighted by molar-refractivity contribution is -0.137. The van der Waals surface area contributed by atoms with Crippen molar-refractivity contribution in [2.45, 2.75) is 37.8 Å². The number of benzene rings is 1. The van der Waals surface area contributed by atoms with Gasteiger partial charge in [0.1, 0.15) is 5.82 Å². The molecule has 0 saturated carbocycles. The van der Waals surface area contributed by atoms with E-state index >= 15 is 0 Å². The molecule has 0 spiro atoms. The quantitative estimate of drug-likeness (QED) is 0.855. The maximum atomic E-state index is 12.7. The number of halogens is 3. The van der Waals surface area contributed by atoms with Crippen LogP contribution < -0.4 is 4.72 Å². The van der Waals surface area contributed by atoms with Gasteiger partial charge < -0.3 is 0 Å². The Hall–Kier alpha value is -2.55. The maximum absolute atomic E-state index is 12.7. The number of sulfonamides is 1. The smallest absolute Gasteiger partial charge is 0.263 e. The topological polar surface area (TPSA) is 64.0 Å². The zero-order valence-electron chi connectivity index (χ0n) is 14.7. The third-order valence-corrected chi connectivity index (χ3v) is 5.54. The zero-order valence-corrected chi connectivity index (χ0v) is 15.5. The molecular formula is C18H18F3N3O2S. The summed E-state index contributed by atoms with van der Waals surface area (Å²) in [7, 11) is -4.08. The Morgan fingerprint density at radius 1 is 1.07 bits per heavy atom. The summed E-state index contributed by atoms with van der Waals surface area (Å²) >= 11 is 0. The molecule has 2 aromatic rings. The normalized spacial score (nSPS) is 15.3. The number of aryl methyl sites for hydroxylation is 2. The van der Waals surface area contributed by atoms with Crippen LogP contribution in [-0.2, 0) is 22.6 Å². The van der Waals surface area contributed by atoms with Gasteiger partial charge in [-0.1, -0.05) is 11.6 Å². The molecule has 1 aromatic carbocycles. The van der Waals surface area contributed by atoms with Gasteiger partial charge in [-0.25, -0.2) is 13.1 Å². The third kappa shape index (κ3) is 4.24. The van der Waals surface area contributed by atoms with Crippen molar-refractivity contribution in [2.75, 3.05) is 0 Å². The van der Waals surface area contributed by atoms with Crippen molar-refractivity contribution < 1.29 is 21.6 Å². The number of alkyl halides is 3. The minimum absolute atomic E-state index is 0.219. The summed E-state index contributed by atoms with van der Waals surface area (Å²) < 4.78 is 67.3. The number of aromatic nitrogens is 2. The largest absolute Gasteiger partial charge is 0.416 e. The number of fused-ring (bicyclic) bond motifs is 1. The summed E-state index contributed by atoms with van der Waals surface area (Å²) in [6.45, 7) is 3.75. The van der Waals surface area contributed by atoms with Gasteiger partial charge in [-0.3, -0.25) is 4.72 Å². The monoisotopic (exact) mass is 397 g/mol. The van der Waals surface area contributed by atoms with Crippen molar-refractivity contribution in [3.05, 3.63) is 65.0 Å². The summed E-state index contributed by atoms with van der Waals surface area (Å²) in [4.78, 5) is -0.260. The van der Waals surface area contributed by atoms with Gasteiger partial charge in [-0.2, -0.15) is 18.3 Å². The molecule has 9 heteroatoms. The third-order valence-electron chi connectivity index (χ3n) is 4.17. The number of allylic oxidation sites excluding steroid dienone is 3. The van der Waals surface area contributed by atoms with Gasteiger partial charge in [-0.15, -0.1) is 0 Å². The lowest BCUT2D eigenvalue weighted by Crippen LogP contribution is -2.27. The molecule has 1 aliphatic rings. The fraction of sp³-hybridized carbons (Fsp3) is 0.278. The van der Waals surface area contributed by atoms with Crippen molar-refractivity contribution in [1.82, 2.24) is 14.5 Å². The summed E-state index contributed by atoms with van der Waals surface area (Å²) in [5.41, 5.74) is 1.76. The molecule has 0 amide bonds. The van der Waals surface area contributed by atoms with E-state index in [1.807, 2.05) is 13.0 Å². The molecular weight excluding hydrogens is 379 g/mol. The second kappa shape index (κ2) is 6.88. The molecule has 0 atom stereocenters. The van der Waals surface area contributed by atoms with Gasteiger partial charge in [0.25, 0.3) is 10.0 Å². The Balaban J connectivity index is 1.96. The first-order chi connectivity index (χ1) is 12.6. The number of hydrogen-bond donors (Lipinski definition) is 1. The highest BCUT2D eigenvalue weighted by Gasteiger charge is 2.30. The van der Waals surface area contributed by atoms with Crippen LogP contribution in [0.2, 0.25) is 0 Å². The summed E-state index contributed by atoms with van der Waals surface area (Å²) in [5, 5.41) is 4.33. The molecule has 0 unspecified atom stereocenters. The molecule has 0 aliphatic carbocycles. The van der Waals surface area contributed by atoms with Gasteiger partial charge >= 0.3 is 6.18 Å². The Morgan fingerprint density at radius 3 is 2.37 bits per heavy atom. The molecule has 27 heavy (non-hydrogen) atoms. The minimum Gasteiger partial charge on any atom is -0.263 e. The Labute approximate surface area is 155 Å². The number of hydrogen-bond acceptors (Lipinski definition) is 3. The molecule has 1 aromatic heterocycles. The van der Waals surface area contributed by atoms with Gasteiger partial charge in [0.05, 0.1) is 16.2 Å². The molecule has 0 radical (unpaired) electrons. The number of nitrogens with zero attached hydrogens (tertiary/aromatic N) is 2. The van der Waals surface area contributed by atoms with Crippen molar-refractivity contribution in [3.8, 4) is 0 Å². The molecule has 2 heterocycles. The van der Waals surface area contributed by atoms with Gasteiger partial charge in [0.15, 0.2) is 0 Å². The molecule has 1 aliphatic heterocycles. The van der Waals surface area contributed by atoms with Crippen molar-refractivity contribution >= 4 is 15.8 Å². The van der Waals surface area contributed by atoms with E-state index in [9.17, 15) is 21.6 Å². The van der Waals surface area contributed by atoms with E-state index in [-0.39, 0.29) is 10.7 Å². The maximum Gasteiger partial charge on any atom is 0.416 e. The van der Waals surface area contributed by atoms with Crippen LogP contribution in [0.5, 0.6) is 0 Å². The molecule has 5 nitrogen and oxygen atoms in total. The highest BCUT2D eigenvalue weighted by molar-refractivity contribution is 7.89. The summed E-state index contributed by atoms with van der Waals surface area (Å²) in [5.74, 6) is 0.219. The highest BCUT2D eigenvalue weighted by atomic mass is 32.2. The predicted molar refractivity (Wildman–Crippen MR) is 95.1 cm³/mol. The first-order valence-electron chi connectivity index (χ1n) is 8.20. The first-order valence-corrected chi connectivity index (χ1v) is 9.68. The zero-order chi connectivity index (χ0) is 19.8. The highest BCUT2D eigenvalue weighted by Crippen LogP contribution is 2.30. The standard InChI is InChI=1S/C18H18F3N3O2S/c1-12-3-7-15-11-13(2)22-24(15)17(10-4-12)23-27(25,26)16-8-5-14(6-9-16)18(19,20)21/h4-6,8-11,23H,3,7H2,1-2H3.